The SMILES string of the molecule is CCN.O=CNC1CCCCC1. The van der Waals surface area contributed by atoms with E-state index in [1.807, 2.05) is 6.92 Å². The molecule has 0 aromatic heterocycles. The Hall–Kier alpha value is -0.570. The highest BCUT2D eigenvalue weighted by Crippen LogP contribution is 2.16. The van der Waals surface area contributed by atoms with Gasteiger partial charge in [0.25, 0.3) is 0 Å². The van der Waals surface area contributed by atoms with Crippen LogP contribution in [0.2, 0.25) is 0 Å². The Bertz CT molecular complexity index is 101. The molecule has 0 aromatic carbocycles. The average Bonchev–Trinajstić information content (AvgIpc) is 2.08. The van der Waals surface area contributed by atoms with Crippen LogP contribution in [0, 0.1) is 0 Å². The van der Waals surface area contributed by atoms with Crippen molar-refractivity contribution in [3.63, 3.8) is 0 Å². The van der Waals surface area contributed by atoms with Crippen LogP contribution in [-0.4, -0.2) is 19.0 Å². The first-order valence-electron chi connectivity index (χ1n) is 4.74. The summed E-state index contributed by atoms with van der Waals surface area (Å²) in [5, 5.41) is 2.80. The van der Waals surface area contributed by atoms with Crippen LogP contribution in [0.25, 0.3) is 0 Å². The fourth-order valence-corrected chi connectivity index (χ4v) is 1.37. The molecule has 12 heavy (non-hydrogen) atoms. The third-order valence-corrected chi connectivity index (χ3v) is 1.91. The molecular weight excluding hydrogens is 152 g/mol. The minimum atomic E-state index is 0.483. The fourth-order valence-electron chi connectivity index (χ4n) is 1.37. The summed E-state index contributed by atoms with van der Waals surface area (Å²) in [4.78, 5) is 9.96. The molecule has 0 aromatic rings. The molecule has 0 bridgehead atoms. The first-order valence-corrected chi connectivity index (χ1v) is 4.74. The molecule has 1 rings (SSSR count). The molecule has 1 aliphatic rings. The zero-order valence-electron chi connectivity index (χ0n) is 7.88. The second kappa shape index (κ2) is 8.53. The molecular formula is C9H20N2O. The molecule has 1 saturated carbocycles. The normalized spacial score (nSPS) is 17.5. The minimum absolute atomic E-state index is 0.483. The maximum atomic E-state index is 9.96. The van der Waals surface area contributed by atoms with Gasteiger partial charge in [-0.15, -0.1) is 0 Å². The van der Waals surface area contributed by atoms with Crippen molar-refractivity contribution in [3.8, 4) is 0 Å². The Morgan fingerprint density at radius 3 is 2.33 bits per heavy atom. The average molecular weight is 172 g/mol. The van der Waals surface area contributed by atoms with Crippen LogP contribution >= 0.6 is 0 Å². The summed E-state index contributed by atoms with van der Waals surface area (Å²) in [7, 11) is 0. The van der Waals surface area contributed by atoms with Gasteiger partial charge in [0.15, 0.2) is 0 Å². The standard InChI is InChI=1S/C7H13NO.C2H7N/c9-6-8-7-4-2-1-3-5-7;1-2-3/h6-7H,1-5H2,(H,8,9);2-3H2,1H3. The Kier molecular flexibility index (Phi) is 8.12. The number of nitrogens with one attached hydrogen (secondary N) is 1. The van der Waals surface area contributed by atoms with E-state index in [1.165, 1.54) is 32.1 Å². The summed E-state index contributed by atoms with van der Waals surface area (Å²) in [6.07, 6.45) is 7.08. The van der Waals surface area contributed by atoms with E-state index in [1.54, 1.807) is 0 Å². The molecule has 3 nitrogen and oxygen atoms in total. The molecule has 0 radical (unpaired) electrons. The number of amides is 1. The van der Waals surface area contributed by atoms with E-state index in [0.29, 0.717) is 6.04 Å². The Balaban J connectivity index is 0.000000354. The molecule has 1 aliphatic carbocycles. The predicted octanol–water partition coefficient (Wildman–Crippen LogP) is 1.03. The largest absolute Gasteiger partial charge is 0.356 e. The minimum Gasteiger partial charge on any atom is -0.356 e. The maximum absolute atomic E-state index is 9.96. The topological polar surface area (TPSA) is 55.1 Å². The second-order valence-electron chi connectivity index (χ2n) is 3.03. The number of hydrogen-bond acceptors (Lipinski definition) is 2. The van der Waals surface area contributed by atoms with Crippen molar-refractivity contribution in [1.29, 1.82) is 0 Å². The zero-order chi connectivity index (χ0) is 9.23. The summed E-state index contributed by atoms with van der Waals surface area (Å²) in [6.45, 7) is 2.65. The summed E-state index contributed by atoms with van der Waals surface area (Å²) in [5.41, 5.74) is 4.85. The van der Waals surface area contributed by atoms with Crippen molar-refractivity contribution < 1.29 is 4.79 Å². The van der Waals surface area contributed by atoms with Gasteiger partial charge in [0.2, 0.25) is 6.41 Å². The Morgan fingerprint density at radius 2 is 1.92 bits per heavy atom. The van der Waals surface area contributed by atoms with Crippen LogP contribution in [0.4, 0.5) is 0 Å². The van der Waals surface area contributed by atoms with Gasteiger partial charge in [-0.3, -0.25) is 4.79 Å². The van der Waals surface area contributed by atoms with Gasteiger partial charge in [-0.05, 0) is 19.4 Å². The third kappa shape index (κ3) is 6.16. The number of hydrogen-bond donors (Lipinski definition) is 2. The van der Waals surface area contributed by atoms with Gasteiger partial charge in [-0.2, -0.15) is 0 Å². The van der Waals surface area contributed by atoms with Crippen molar-refractivity contribution in [1.82, 2.24) is 5.32 Å². The van der Waals surface area contributed by atoms with E-state index < -0.39 is 0 Å². The highest BCUT2D eigenvalue weighted by Gasteiger charge is 2.10. The van der Waals surface area contributed by atoms with Gasteiger partial charge < -0.3 is 11.1 Å². The number of carbonyl (C=O) groups excluding carboxylic acids is 1. The van der Waals surface area contributed by atoms with Gasteiger partial charge in [-0.25, -0.2) is 0 Å². The molecule has 72 valence electrons. The summed E-state index contributed by atoms with van der Waals surface area (Å²) in [5.74, 6) is 0. The van der Waals surface area contributed by atoms with Crippen molar-refractivity contribution in [2.75, 3.05) is 6.54 Å². The summed E-state index contributed by atoms with van der Waals surface area (Å²) < 4.78 is 0. The number of rotatable bonds is 2. The van der Waals surface area contributed by atoms with Crippen LogP contribution in [0.3, 0.4) is 0 Å². The first-order chi connectivity index (χ1) is 5.85. The zero-order valence-corrected chi connectivity index (χ0v) is 7.88. The molecule has 0 saturated heterocycles. The molecule has 0 heterocycles. The molecule has 3 heteroatoms. The van der Waals surface area contributed by atoms with Gasteiger partial charge in [0.05, 0.1) is 0 Å². The molecule has 1 amide bonds. The van der Waals surface area contributed by atoms with E-state index >= 15 is 0 Å². The second-order valence-corrected chi connectivity index (χ2v) is 3.03. The van der Waals surface area contributed by atoms with Crippen LogP contribution in [-0.2, 0) is 4.79 Å². The lowest BCUT2D eigenvalue weighted by atomic mass is 9.96. The van der Waals surface area contributed by atoms with E-state index in [0.717, 1.165) is 13.0 Å². The van der Waals surface area contributed by atoms with Crippen molar-refractivity contribution in [2.45, 2.75) is 45.1 Å². The van der Waals surface area contributed by atoms with Crippen LogP contribution < -0.4 is 11.1 Å². The van der Waals surface area contributed by atoms with Gasteiger partial charge in [0, 0.05) is 6.04 Å². The molecule has 0 atom stereocenters. The maximum Gasteiger partial charge on any atom is 0.207 e. The van der Waals surface area contributed by atoms with Crippen LogP contribution in [0.5, 0.6) is 0 Å². The Morgan fingerprint density at radius 1 is 1.42 bits per heavy atom. The number of carbonyl (C=O) groups is 1. The highest BCUT2D eigenvalue weighted by molar-refractivity contribution is 5.46. The van der Waals surface area contributed by atoms with Crippen LogP contribution in [0.15, 0.2) is 0 Å². The predicted molar refractivity (Wildman–Crippen MR) is 50.8 cm³/mol. The highest BCUT2D eigenvalue weighted by atomic mass is 16.1. The Labute approximate surface area is 74.7 Å². The number of nitrogens with two attached hydrogens (primary N) is 1. The van der Waals surface area contributed by atoms with Crippen molar-refractivity contribution in [2.24, 2.45) is 5.73 Å². The van der Waals surface area contributed by atoms with E-state index in [2.05, 4.69) is 5.32 Å². The van der Waals surface area contributed by atoms with Gasteiger partial charge >= 0.3 is 0 Å². The van der Waals surface area contributed by atoms with Crippen molar-refractivity contribution >= 4 is 6.41 Å². The van der Waals surface area contributed by atoms with E-state index in [9.17, 15) is 4.79 Å². The van der Waals surface area contributed by atoms with Crippen molar-refractivity contribution in [3.05, 3.63) is 0 Å². The fraction of sp³-hybridized carbons (Fsp3) is 0.889. The summed E-state index contributed by atoms with van der Waals surface area (Å²) >= 11 is 0. The first kappa shape index (κ1) is 11.4. The van der Waals surface area contributed by atoms with E-state index in [-0.39, 0.29) is 0 Å². The molecule has 0 spiro atoms. The van der Waals surface area contributed by atoms with Crippen LogP contribution in [0.1, 0.15) is 39.0 Å². The molecule has 1 fully saturated rings. The smallest absolute Gasteiger partial charge is 0.207 e. The van der Waals surface area contributed by atoms with Gasteiger partial charge in [0.1, 0.15) is 0 Å². The summed E-state index contributed by atoms with van der Waals surface area (Å²) in [6, 6.07) is 0.483. The van der Waals surface area contributed by atoms with E-state index in [4.69, 9.17) is 5.73 Å². The molecule has 3 N–H and O–H groups in total. The quantitative estimate of drug-likeness (QED) is 0.611. The molecule has 0 unspecified atom stereocenters. The molecule has 0 aliphatic heterocycles. The van der Waals surface area contributed by atoms with Gasteiger partial charge in [-0.1, -0.05) is 26.2 Å². The lowest BCUT2D eigenvalue weighted by Crippen LogP contribution is -2.29. The lowest BCUT2D eigenvalue weighted by molar-refractivity contribution is -0.110. The lowest BCUT2D eigenvalue weighted by Gasteiger charge is -2.19. The monoisotopic (exact) mass is 172 g/mol. The third-order valence-electron chi connectivity index (χ3n) is 1.91.